The monoisotopic (exact) mass is 256 g/mol. The lowest BCUT2D eigenvalue weighted by Crippen LogP contribution is -2.21. The molecule has 0 saturated heterocycles. The number of rotatable bonds is 2. The van der Waals surface area contributed by atoms with Gasteiger partial charge in [0.1, 0.15) is 0 Å². The Bertz CT molecular complexity index is 631. The molecule has 98 valence electrons. The van der Waals surface area contributed by atoms with E-state index in [2.05, 4.69) is 18.1 Å². The summed E-state index contributed by atoms with van der Waals surface area (Å²) in [5.74, 6) is -0.962. The molecule has 1 aliphatic rings. The molecule has 0 fully saturated rings. The molecule has 0 saturated carbocycles. The van der Waals surface area contributed by atoms with Crippen LogP contribution in [0.1, 0.15) is 23.2 Å². The second kappa shape index (κ2) is 4.53. The number of aromatic nitrogens is 2. The molecule has 1 aromatic carbocycles. The maximum absolute atomic E-state index is 11.1. The van der Waals surface area contributed by atoms with Crippen LogP contribution in [0.2, 0.25) is 0 Å². The second-order valence-electron chi connectivity index (χ2n) is 5.11. The molecule has 2 aromatic rings. The van der Waals surface area contributed by atoms with Gasteiger partial charge in [0.25, 0.3) is 0 Å². The van der Waals surface area contributed by atoms with Crippen LogP contribution < -0.4 is 0 Å². The summed E-state index contributed by atoms with van der Waals surface area (Å²) < 4.78 is 1.88. The Labute approximate surface area is 111 Å². The zero-order valence-electron chi connectivity index (χ0n) is 10.8. The molecular weight excluding hydrogens is 240 g/mol. The van der Waals surface area contributed by atoms with Crippen molar-refractivity contribution in [3.63, 3.8) is 0 Å². The molecule has 3 rings (SSSR count). The van der Waals surface area contributed by atoms with E-state index in [0.29, 0.717) is 12.8 Å². The number of para-hydroxylation sites is 1. The van der Waals surface area contributed by atoms with Crippen LogP contribution in [-0.2, 0) is 17.6 Å². The summed E-state index contributed by atoms with van der Waals surface area (Å²) in [6.07, 6.45) is 4.02. The van der Waals surface area contributed by atoms with Gasteiger partial charge in [-0.1, -0.05) is 18.2 Å². The minimum Gasteiger partial charge on any atom is -0.481 e. The topological polar surface area (TPSA) is 55.1 Å². The summed E-state index contributed by atoms with van der Waals surface area (Å²) in [5, 5.41) is 13.7. The summed E-state index contributed by atoms with van der Waals surface area (Å²) in [7, 11) is 0. The number of aliphatic carboxylic acids is 1. The van der Waals surface area contributed by atoms with Gasteiger partial charge in [-0.25, -0.2) is 4.68 Å². The van der Waals surface area contributed by atoms with Crippen LogP contribution in [0.3, 0.4) is 0 Å². The first-order valence-corrected chi connectivity index (χ1v) is 6.51. The summed E-state index contributed by atoms with van der Waals surface area (Å²) in [6, 6.07) is 8.07. The number of hydrogen-bond acceptors (Lipinski definition) is 2. The second-order valence-corrected chi connectivity index (χ2v) is 5.11. The quantitative estimate of drug-likeness (QED) is 0.897. The van der Waals surface area contributed by atoms with Crippen LogP contribution in [0.5, 0.6) is 0 Å². The van der Waals surface area contributed by atoms with Gasteiger partial charge in [-0.2, -0.15) is 5.10 Å². The van der Waals surface area contributed by atoms with Crippen LogP contribution >= 0.6 is 0 Å². The molecule has 0 unspecified atom stereocenters. The molecule has 0 bridgehead atoms. The fourth-order valence-corrected chi connectivity index (χ4v) is 2.66. The first kappa shape index (κ1) is 12.0. The SMILES string of the molecule is Cc1ccccc1-n1cc2c(n1)CC[C@@H](C(=O)O)C2. The van der Waals surface area contributed by atoms with Gasteiger partial charge < -0.3 is 5.11 Å². The van der Waals surface area contributed by atoms with Gasteiger partial charge >= 0.3 is 5.97 Å². The number of carbonyl (C=O) groups is 1. The number of hydrogen-bond donors (Lipinski definition) is 1. The maximum Gasteiger partial charge on any atom is 0.306 e. The number of carboxylic acid groups (broad SMARTS) is 1. The van der Waals surface area contributed by atoms with Crippen molar-refractivity contribution in [1.82, 2.24) is 9.78 Å². The minimum absolute atomic E-state index is 0.262. The number of aryl methyl sites for hydroxylation is 2. The first-order valence-electron chi connectivity index (χ1n) is 6.51. The lowest BCUT2D eigenvalue weighted by atomic mass is 9.88. The Morgan fingerprint density at radius 1 is 1.42 bits per heavy atom. The van der Waals surface area contributed by atoms with Gasteiger partial charge in [0, 0.05) is 6.20 Å². The van der Waals surface area contributed by atoms with Gasteiger partial charge in [0.15, 0.2) is 0 Å². The van der Waals surface area contributed by atoms with Gasteiger partial charge in [-0.05, 0) is 43.4 Å². The van der Waals surface area contributed by atoms with Crippen molar-refractivity contribution in [3.05, 3.63) is 47.3 Å². The molecule has 0 radical (unpaired) electrons. The third-order valence-electron chi connectivity index (χ3n) is 3.78. The smallest absolute Gasteiger partial charge is 0.306 e. The van der Waals surface area contributed by atoms with E-state index in [4.69, 9.17) is 5.11 Å². The van der Waals surface area contributed by atoms with E-state index in [1.807, 2.05) is 29.1 Å². The Morgan fingerprint density at radius 3 is 2.95 bits per heavy atom. The standard InChI is InChI=1S/C15H16N2O2/c1-10-4-2-3-5-14(10)17-9-12-8-11(15(18)19)6-7-13(12)16-17/h2-5,9,11H,6-8H2,1H3,(H,18,19)/t11-/m1/s1. The number of benzene rings is 1. The average molecular weight is 256 g/mol. The molecule has 0 spiro atoms. The summed E-state index contributed by atoms with van der Waals surface area (Å²) in [6.45, 7) is 2.05. The lowest BCUT2D eigenvalue weighted by Gasteiger charge is -2.16. The normalized spacial score (nSPS) is 18.1. The highest BCUT2D eigenvalue weighted by Crippen LogP contribution is 2.26. The summed E-state index contributed by atoms with van der Waals surface area (Å²) in [5.41, 5.74) is 4.34. The maximum atomic E-state index is 11.1. The van der Waals surface area contributed by atoms with Crippen molar-refractivity contribution in [2.75, 3.05) is 0 Å². The van der Waals surface area contributed by atoms with Crippen molar-refractivity contribution in [1.29, 1.82) is 0 Å². The van der Waals surface area contributed by atoms with Crippen LogP contribution in [0.25, 0.3) is 5.69 Å². The van der Waals surface area contributed by atoms with Gasteiger partial charge in [0.2, 0.25) is 0 Å². The predicted molar refractivity (Wildman–Crippen MR) is 71.5 cm³/mol. The molecule has 4 nitrogen and oxygen atoms in total. The van der Waals surface area contributed by atoms with E-state index in [-0.39, 0.29) is 5.92 Å². The van der Waals surface area contributed by atoms with Crippen LogP contribution in [0, 0.1) is 12.8 Å². The Balaban J connectivity index is 1.96. The predicted octanol–water partition coefficient (Wildman–Crippen LogP) is 2.37. The number of nitrogens with zero attached hydrogens (tertiary/aromatic N) is 2. The number of carboxylic acids is 1. The molecule has 1 aromatic heterocycles. The van der Waals surface area contributed by atoms with Crippen molar-refractivity contribution in [3.8, 4) is 5.69 Å². The van der Waals surface area contributed by atoms with Crippen LogP contribution in [0.4, 0.5) is 0 Å². The molecule has 1 N–H and O–H groups in total. The summed E-state index contributed by atoms with van der Waals surface area (Å²) in [4.78, 5) is 11.1. The van der Waals surface area contributed by atoms with E-state index in [1.54, 1.807) is 0 Å². The highest BCUT2D eigenvalue weighted by atomic mass is 16.4. The third kappa shape index (κ3) is 2.14. The molecule has 0 aliphatic heterocycles. The highest BCUT2D eigenvalue weighted by molar-refractivity contribution is 5.70. The van der Waals surface area contributed by atoms with Gasteiger partial charge in [-0.15, -0.1) is 0 Å². The van der Waals surface area contributed by atoms with Crippen molar-refractivity contribution >= 4 is 5.97 Å². The van der Waals surface area contributed by atoms with E-state index < -0.39 is 5.97 Å². The van der Waals surface area contributed by atoms with E-state index in [0.717, 1.165) is 28.9 Å². The molecular formula is C15H16N2O2. The van der Waals surface area contributed by atoms with Gasteiger partial charge in [-0.3, -0.25) is 4.79 Å². The van der Waals surface area contributed by atoms with Gasteiger partial charge in [0.05, 0.1) is 17.3 Å². The Morgan fingerprint density at radius 2 is 2.21 bits per heavy atom. The molecule has 1 heterocycles. The van der Waals surface area contributed by atoms with Crippen molar-refractivity contribution in [2.24, 2.45) is 5.92 Å². The molecule has 4 heteroatoms. The average Bonchev–Trinajstić information content (AvgIpc) is 2.81. The third-order valence-corrected chi connectivity index (χ3v) is 3.78. The molecule has 0 amide bonds. The summed E-state index contributed by atoms with van der Waals surface area (Å²) >= 11 is 0. The van der Waals surface area contributed by atoms with E-state index >= 15 is 0 Å². The zero-order valence-corrected chi connectivity index (χ0v) is 10.8. The first-order chi connectivity index (χ1) is 9.15. The lowest BCUT2D eigenvalue weighted by molar-refractivity contribution is -0.142. The Hall–Kier alpha value is -2.10. The molecule has 1 atom stereocenters. The Kier molecular flexibility index (Phi) is 2.85. The largest absolute Gasteiger partial charge is 0.481 e. The van der Waals surface area contributed by atoms with Crippen LogP contribution in [-0.4, -0.2) is 20.9 Å². The fraction of sp³-hybridized carbons (Fsp3) is 0.333. The van der Waals surface area contributed by atoms with E-state index in [9.17, 15) is 4.79 Å². The number of fused-ring (bicyclic) bond motifs is 1. The molecule has 1 aliphatic carbocycles. The van der Waals surface area contributed by atoms with Crippen molar-refractivity contribution in [2.45, 2.75) is 26.2 Å². The van der Waals surface area contributed by atoms with E-state index in [1.165, 1.54) is 0 Å². The fourth-order valence-electron chi connectivity index (χ4n) is 2.66. The van der Waals surface area contributed by atoms with Crippen molar-refractivity contribution < 1.29 is 9.90 Å². The highest BCUT2D eigenvalue weighted by Gasteiger charge is 2.26. The minimum atomic E-state index is -0.700. The molecule has 19 heavy (non-hydrogen) atoms. The van der Waals surface area contributed by atoms with Crippen LogP contribution in [0.15, 0.2) is 30.5 Å². The zero-order chi connectivity index (χ0) is 13.4.